The molecular formula is C25H25NO4. The Morgan fingerprint density at radius 1 is 1.00 bits per heavy atom. The molecule has 1 atom stereocenters. The number of alkyl carbamates (subject to hydrolysis) is 1. The fourth-order valence-corrected chi connectivity index (χ4v) is 4.09. The van der Waals surface area contributed by atoms with E-state index >= 15 is 0 Å². The number of carbonyl (C=O) groups excluding carboxylic acids is 1. The maximum Gasteiger partial charge on any atom is 0.407 e. The van der Waals surface area contributed by atoms with Crippen LogP contribution >= 0.6 is 0 Å². The fourth-order valence-electron chi connectivity index (χ4n) is 4.09. The molecule has 0 aliphatic heterocycles. The predicted octanol–water partition coefficient (Wildman–Crippen LogP) is 4.66. The molecule has 0 saturated carbocycles. The standard InChI is InChI=1S/C25H25NO4/c1-29-18-8-6-7-17(15-18)24(13-14-27)26-25(28)30-16-23-21-11-4-2-9-19(21)20-10-3-5-12-22(20)23/h2-12,15,23-24,27H,13-14,16H2,1H3,(H,26,28). The lowest BCUT2D eigenvalue weighted by Gasteiger charge is -2.20. The van der Waals surface area contributed by atoms with Crippen molar-refractivity contribution in [3.8, 4) is 16.9 Å². The summed E-state index contributed by atoms with van der Waals surface area (Å²) in [7, 11) is 1.60. The largest absolute Gasteiger partial charge is 0.497 e. The Bertz CT molecular complexity index is 987. The van der Waals surface area contributed by atoms with Gasteiger partial charge in [0.25, 0.3) is 0 Å². The molecule has 154 valence electrons. The van der Waals surface area contributed by atoms with Crippen LogP contribution in [-0.2, 0) is 4.74 Å². The summed E-state index contributed by atoms with van der Waals surface area (Å²) in [5.41, 5.74) is 5.59. The lowest BCUT2D eigenvalue weighted by atomic mass is 9.98. The van der Waals surface area contributed by atoms with Crippen LogP contribution in [0.15, 0.2) is 72.8 Å². The van der Waals surface area contributed by atoms with Gasteiger partial charge in [-0.1, -0.05) is 60.7 Å². The Labute approximate surface area is 176 Å². The minimum Gasteiger partial charge on any atom is -0.497 e. The molecule has 0 aromatic heterocycles. The average molecular weight is 403 g/mol. The molecule has 1 unspecified atom stereocenters. The summed E-state index contributed by atoms with van der Waals surface area (Å²) in [5, 5.41) is 12.3. The molecule has 5 nitrogen and oxygen atoms in total. The van der Waals surface area contributed by atoms with Crippen molar-refractivity contribution in [2.24, 2.45) is 0 Å². The average Bonchev–Trinajstić information content (AvgIpc) is 3.11. The first-order chi connectivity index (χ1) is 14.7. The predicted molar refractivity (Wildman–Crippen MR) is 116 cm³/mol. The zero-order chi connectivity index (χ0) is 20.9. The van der Waals surface area contributed by atoms with Gasteiger partial charge in [0.2, 0.25) is 0 Å². The van der Waals surface area contributed by atoms with E-state index in [0.29, 0.717) is 12.2 Å². The van der Waals surface area contributed by atoms with E-state index in [0.717, 1.165) is 5.56 Å². The zero-order valence-electron chi connectivity index (χ0n) is 16.9. The summed E-state index contributed by atoms with van der Waals surface area (Å²) in [6, 6.07) is 23.6. The summed E-state index contributed by atoms with van der Waals surface area (Å²) < 4.78 is 10.9. The van der Waals surface area contributed by atoms with Crippen LogP contribution < -0.4 is 10.1 Å². The number of carbonyl (C=O) groups is 1. The molecular weight excluding hydrogens is 378 g/mol. The van der Waals surface area contributed by atoms with E-state index in [2.05, 4.69) is 29.6 Å². The number of rotatable bonds is 7. The number of hydrogen-bond donors (Lipinski definition) is 2. The second-order valence-corrected chi connectivity index (χ2v) is 7.31. The van der Waals surface area contributed by atoms with Crippen LogP contribution in [0.25, 0.3) is 11.1 Å². The topological polar surface area (TPSA) is 67.8 Å². The lowest BCUT2D eigenvalue weighted by Crippen LogP contribution is -2.31. The number of hydrogen-bond acceptors (Lipinski definition) is 4. The van der Waals surface area contributed by atoms with Gasteiger partial charge in [-0.2, -0.15) is 0 Å². The molecule has 3 aromatic rings. The molecule has 0 radical (unpaired) electrons. The highest BCUT2D eigenvalue weighted by Crippen LogP contribution is 2.44. The molecule has 30 heavy (non-hydrogen) atoms. The normalized spacial score (nSPS) is 13.3. The number of methoxy groups -OCH3 is 1. The van der Waals surface area contributed by atoms with Crippen LogP contribution in [0.1, 0.15) is 35.1 Å². The monoisotopic (exact) mass is 403 g/mol. The third-order valence-corrected chi connectivity index (χ3v) is 5.55. The van der Waals surface area contributed by atoms with E-state index in [1.54, 1.807) is 7.11 Å². The van der Waals surface area contributed by atoms with Crippen molar-refractivity contribution < 1.29 is 19.4 Å². The first-order valence-corrected chi connectivity index (χ1v) is 10.1. The Morgan fingerprint density at radius 3 is 2.30 bits per heavy atom. The SMILES string of the molecule is COc1cccc(C(CCO)NC(=O)OCC2c3ccccc3-c3ccccc32)c1. The van der Waals surface area contributed by atoms with Gasteiger partial charge in [0, 0.05) is 12.5 Å². The third kappa shape index (κ3) is 4.02. The third-order valence-electron chi connectivity index (χ3n) is 5.55. The summed E-state index contributed by atoms with van der Waals surface area (Å²) in [6.07, 6.45) is -0.115. The van der Waals surface area contributed by atoms with Crippen LogP contribution in [0.3, 0.4) is 0 Å². The summed E-state index contributed by atoms with van der Waals surface area (Å²) >= 11 is 0. The zero-order valence-corrected chi connectivity index (χ0v) is 16.9. The van der Waals surface area contributed by atoms with Gasteiger partial charge in [0.1, 0.15) is 12.4 Å². The summed E-state index contributed by atoms with van der Waals surface area (Å²) in [5.74, 6) is 0.709. The molecule has 1 aliphatic carbocycles. The number of aliphatic hydroxyl groups is 1. The molecule has 2 N–H and O–H groups in total. The molecule has 0 heterocycles. The lowest BCUT2D eigenvalue weighted by molar-refractivity contribution is 0.136. The van der Waals surface area contributed by atoms with E-state index in [1.807, 2.05) is 48.5 Å². The van der Waals surface area contributed by atoms with Crippen LogP contribution in [0, 0.1) is 0 Å². The highest BCUT2D eigenvalue weighted by molar-refractivity contribution is 5.79. The summed E-state index contributed by atoms with van der Waals surface area (Å²) in [6.45, 7) is 0.204. The second kappa shape index (κ2) is 9.01. The molecule has 0 saturated heterocycles. The van der Waals surface area contributed by atoms with E-state index in [9.17, 15) is 9.90 Å². The number of benzene rings is 3. The summed E-state index contributed by atoms with van der Waals surface area (Å²) in [4.78, 5) is 12.6. The van der Waals surface area contributed by atoms with Gasteiger partial charge in [-0.05, 0) is 46.4 Å². The maximum atomic E-state index is 12.6. The van der Waals surface area contributed by atoms with Crippen LogP contribution in [-0.4, -0.2) is 31.5 Å². The smallest absolute Gasteiger partial charge is 0.407 e. The van der Waals surface area contributed by atoms with Crippen LogP contribution in [0.5, 0.6) is 5.75 Å². The Kier molecular flexibility index (Phi) is 6.00. The number of amides is 1. The number of nitrogens with one attached hydrogen (secondary N) is 1. The van der Waals surface area contributed by atoms with Gasteiger partial charge in [-0.15, -0.1) is 0 Å². The van der Waals surface area contributed by atoms with E-state index < -0.39 is 6.09 Å². The van der Waals surface area contributed by atoms with Gasteiger partial charge in [0.05, 0.1) is 13.2 Å². The van der Waals surface area contributed by atoms with Crippen molar-refractivity contribution in [1.82, 2.24) is 5.32 Å². The van der Waals surface area contributed by atoms with Gasteiger partial charge in [-0.25, -0.2) is 4.79 Å². The molecule has 1 aliphatic rings. The maximum absolute atomic E-state index is 12.6. The molecule has 0 spiro atoms. The molecule has 1 amide bonds. The van der Waals surface area contributed by atoms with E-state index in [4.69, 9.17) is 9.47 Å². The molecule has 0 bridgehead atoms. The first kappa shape index (κ1) is 20.0. The Morgan fingerprint density at radius 2 is 1.67 bits per heavy atom. The van der Waals surface area contributed by atoms with Gasteiger partial charge in [0.15, 0.2) is 0 Å². The quantitative estimate of drug-likeness (QED) is 0.602. The number of fused-ring (bicyclic) bond motifs is 3. The molecule has 0 fully saturated rings. The second-order valence-electron chi connectivity index (χ2n) is 7.31. The minimum atomic E-state index is -0.502. The van der Waals surface area contributed by atoms with Crippen molar-refractivity contribution in [3.63, 3.8) is 0 Å². The fraction of sp³-hybridized carbons (Fsp3) is 0.240. The Hall–Kier alpha value is -3.31. The number of aliphatic hydroxyl groups excluding tert-OH is 1. The van der Waals surface area contributed by atoms with Gasteiger partial charge < -0.3 is 19.9 Å². The van der Waals surface area contributed by atoms with Gasteiger partial charge in [-0.3, -0.25) is 0 Å². The first-order valence-electron chi connectivity index (χ1n) is 10.1. The Balaban J connectivity index is 1.46. The molecule has 4 rings (SSSR count). The van der Waals surface area contributed by atoms with Gasteiger partial charge >= 0.3 is 6.09 Å². The van der Waals surface area contributed by atoms with E-state index in [-0.39, 0.29) is 25.2 Å². The number of ether oxygens (including phenoxy) is 2. The van der Waals surface area contributed by atoms with Crippen molar-refractivity contribution in [3.05, 3.63) is 89.5 Å². The minimum absolute atomic E-state index is 0.0104. The highest BCUT2D eigenvalue weighted by Gasteiger charge is 2.29. The van der Waals surface area contributed by atoms with Crippen molar-refractivity contribution in [2.75, 3.05) is 20.3 Å². The van der Waals surface area contributed by atoms with Crippen molar-refractivity contribution in [2.45, 2.75) is 18.4 Å². The molecule has 5 heteroatoms. The highest BCUT2D eigenvalue weighted by atomic mass is 16.5. The van der Waals surface area contributed by atoms with Crippen molar-refractivity contribution in [1.29, 1.82) is 0 Å². The van der Waals surface area contributed by atoms with Crippen LogP contribution in [0.4, 0.5) is 4.79 Å². The van der Waals surface area contributed by atoms with E-state index in [1.165, 1.54) is 22.3 Å². The molecule has 3 aromatic carbocycles. The van der Waals surface area contributed by atoms with Crippen LogP contribution in [0.2, 0.25) is 0 Å². The van der Waals surface area contributed by atoms with Crippen molar-refractivity contribution >= 4 is 6.09 Å².